The zero-order chi connectivity index (χ0) is 18.0. The molecule has 0 aliphatic rings. The first kappa shape index (κ1) is 16.8. The molecule has 0 spiro atoms. The molecule has 0 aliphatic heterocycles. The number of aromatic nitrogens is 3. The van der Waals surface area contributed by atoms with E-state index in [1.165, 1.54) is 4.68 Å². The molecule has 3 rings (SSSR count). The van der Waals surface area contributed by atoms with Crippen molar-refractivity contribution in [3.05, 3.63) is 53.9 Å². The predicted molar refractivity (Wildman–Crippen MR) is 95.3 cm³/mol. The van der Waals surface area contributed by atoms with Crippen molar-refractivity contribution in [2.24, 2.45) is 0 Å². The third kappa shape index (κ3) is 3.15. The summed E-state index contributed by atoms with van der Waals surface area (Å²) >= 11 is 0. The molecule has 1 atom stereocenters. The number of nitrogens with one attached hydrogen (secondary N) is 2. The molecule has 0 saturated carbocycles. The van der Waals surface area contributed by atoms with Gasteiger partial charge < -0.3 is 5.11 Å². The molecule has 3 N–H and O–H groups in total. The van der Waals surface area contributed by atoms with E-state index in [0.29, 0.717) is 22.6 Å². The van der Waals surface area contributed by atoms with Crippen LogP contribution in [-0.4, -0.2) is 26.9 Å². The van der Waals surface area contributed by atoms with Crippen molar-refractivity contribution in [3.63, 3.8) is 0 Å². The van der Waals surface area contributed by atoms with Crippen molar-refractivity contribution in [1.82, 2.24) is 19.5 Å². The minimum atomic E-state index is -0.824. The summed E-state index contributed by atoms with van der Waals surface area (Å²) in [6.07, 6.45) is 1.60. The molecule has 126 valence electrons. The lowest BCUT2D eigenvalue weighted by Gasteiger charge is -2.06. The molecule has 7 nitrogen and oxygen atoms in total. The predicted octanol–water partition coefficient (Wildman–Crippen LogP) is 2.69. The second-order valence-corrected chi connectivity index (χ2v) is 6.74. The Bertz CT molecular complexity index is 970. The Hall–Kier alpha value is -3.02. The van der Waals surface area contributed by atoms with Gasteiger partial charge >= 0.3 is 0 Å². The molecule has 0 saturated heterocycles. The van der Waals surface area contributed by atoms with Gasteiger partial charge in [-0.15, -0.1) is 0 Å². The molecule has 8 heteroatoms. The van der Waals surface area contributed by atoms with E-state index in [1.54, 1.807) is 56.6 Å². The molecule has 2 heterocycles. The van der Waals surface area contributed by atoms with Gasteiger partial charge in [0.05, 0.1) is 27.8 Å². The van der Waals surface area contributed by atoms with Crippen LogP contribution in [0.2, 0.25) is 0 Å². The maximum Gasteiger partial charge on any atom is 0.223 e. The Kier molecular flexibility index (Phi) is 4.61. The number of benzene rings is 1. The van der Waals surface area contributed by atoms with Gasteiger partial charge in [0.1, 0.15) is 0 Å². The molecular weight excluding hydrogens is 336 g/mol. The number of aryl methyl sites for hydroxylation is 1. The SMILES string of the molecule is CNS(=N)c1ccc(-n2nc(C)c(-c3ccc(C#N)cc3)c2O)nc1. The van der Waals surface area contributed by atoms with E-state index in [1.807, 2.05) is 0 Å². The molecular formula is C17H16N6OS. The van der Waals surface area contributed by atoms with Crippen LogP contribution in [0.25, 0.3) is 16.9 Å². The van der Waals surface area contributed by atoms with E-state index in [-0.39, 0.29) is 5.88 Å². The summed E-state index contributed by atoms with van der Waals surface area (Å²) in [7, 11) is 0.895. The standard InChI is InChI=1S/C17H16N6OS/c1-11-16(13-5-3-12(9-18)4-6-13)17(24)23(22-11)15-8-7-14(10-21-15)25(19)20-2/h3-8,10,24H,1-2H3,(H2,19,20). The first-order valence-electron chi connectivity index (χ1n) is 7.43. The second-order valence-electron chi connectivity index (χ2n) is 5.25. The van der Waals surface area contributed by atoms with Gasteiger partial charge in [-0.2, -0.15) is 15.0 Å². The first-order chi connectivity index (χ1) is 12.0. The molecule has 0 amide bonds. The van der Waals surface area contributed by atoms with Crippen molar-refractivity contribution in [2.45, 2.75) is 11.8 Å². The summed E-state index contributed by atoms with van der Waals surface area (Å²) in [5.41, 5.74) is 2.59. The largest absolute Gasteiger partial charge is 0.493 e. The number of hydrogen-bond donors (Lipinski definition) is 3. The van der Waals surface area contributed by atoms with Crippen LogP contribution in [0.1, 0.15) is 11.3 Å². The minimum absolute atomic E-state index is 0.0130. The van der Waals surface area contributed by atoms with Gasteiger partial charge in [0.25, 0.3) is 0 Å². The summed E-state index contributed by atoms with van der Waals surface area (Å²) in [6, 6.07) is 12.5. The third-order valence-corrected chi connectivity index (χ3v) is 4.84. The average molecular weight is 352 g/mol. The lowest BCUT2D eigenvalue weighted by molar-refractivity contribution is 0.433. The van der Waals surface area contributed by atoms with Gasteiger partial charge in [-0.3, -0.25) is 9.50 Å². The van der Waals surface area contributed by atoms with Crippen molar-refractivity contribution >= 4 is 10.9 Å². The van der Waals surface area contributed by atoms with Crippen LogP contribution in [0, 0.1) is 23.0 Å². The summed E-state index contributed by atoms with van der Waals surface area (Å²) in [5.74, 6) is 0.457. The highest BCUT2D eigenvalue weighted by Crippen LogP contribution is 2.33. The fourth-order valence-corrected chi connectivity index (χ4v) is 3.06. The fraction of sp³-hybridized carbons (Fsp3) is 0.118. The second kappa shape index (κ2) is 6.84. The smallest absolute Gasteiger partial charge is 0.223 e. The number of pyridine rings is 1. The highest BCUT2D eigenvalue weighted by Gasteiger charge is 2.18. The Labute approximate surface area is 147 Å². The Morgan fingerprint density at radius 1 is 1.24 bits per heavy atom. The topological polar surface area (TPSA) is 111 Å². The van der Waals surface area contributed by atoms with E-state index in [9.17, 15) is 5.11 Å². The zero-order valence-electron chi connectivity index (χ0n) is 13.7. The number of rotatable bonds is 4. The fourth-order valence-electron chi connectivity index (χ4n) is 2.46. The molecule has 2 aromatic heterocycles. The van der Waals surface area contributed by atoms with Crippen molar-refractivity contribution < 1.29 is 5.11 Å². The van der Waals surface area contributed by atoms with Gasteiger partial charge in [-0.25, -0.2) is 4.98 Å². The van der Waals surface area contributed by atoms with Crippen molar-refractivity contribution in [1.29, 1.82) is 10.0 Å². The quantitative estimate of drug-likeness (QED) is 0.668. The normalized spacial score (nSPS) is 11.9. The van der Waals surface area contributed by atoms with Crippen LogP contribution in [-0.2, 0) is 10.9 Å². The van der Waals surface area contributed by atoms with Crippen molar-refractivity contribution in [2.75, 3.05) is 7.05 Å². The van der Waals surface area contributed by atoms with Gasteiger partial charge in [0.2, 0.25) is 5.88 Å². The van der Waals surface area contributed by atoms with Crippen LogP contribution in [0.3, 0.4) is 0 Å². The van der Waals surface area contributed by atoms with Gasteiger partial charge in [0.15, 0.2) is 5.82 Å². The highest BCUT2D eigenvalue weighted by atomic mass is 32.2. The molecule has 0 aliphatic carbocycles. The Balaban J connectivity index is 2.02. The summed E-state index contributed by atoms with van der Waals surface area (Å²) in [5, 5.41) is 23.9. The Morgan fingerprint density at radius 2 is 1.96 bits per heavy atom. The van der Waals surface area contributed by atoms with E-state index in [0.717, 1.165) is 10.5 Å². The van der Waals surface area contributed by atoms with Crippen molar-refractivity contribution in [3.8, 4) is 28.9 Å². The minimum Gasteiger partial charge on any atom is -0.493 e. The van der Waals surface area contributed by atoms with Crippen LogP contribution in [0.4, 0.5) is 0 Å². The molecule has 0 fully saturated rings. The molecule has 1 unspecified atom stereocenters. The maximum absolute atomic E-state index is 10.6. The van der Waals surface area contributed by atoms with E-state index < -0.39 is 10.9 Å². The number of nitriles is 1. The molecule has 25 heavy (non-hydrogen) atoms. The number of hydrogen-bond acceptors (Lipinski definition) is 5. The monoisotopic (exact) mass is 352 g/mol. The third-order valence-electron chi connectivity index (χ3n) is 3.72. The average Bonchev–Trinajstić information content (AvgIpc) is 2.95. The molecule has 1 aromatic carbocycles. The van der Waals surface area contributed by atoms with Gasteiger partial charge in [-0.05, 0) is 54.7 Å². The number of nitrogens with zero attached hydrogens (tertiary/aromatic N) is 4. The maximum atomic E-state index is 10.6. The first-order valence-corrected chi connectivity index (χ1v) is 8.66. The number of aromatic hydroxyl groups is 1. The van der Waals surface area contributed by atoms with Crippen LogP contribution in [0.15, 0.2) is 47.5 Å². The van der Waals surface area contributed by atoms with E-state index in [4.69, 9.17) is 10.0 Å². The molecule has 0 bridgehead atoms. The Morgan fingerprint density at radius 3 is 2.52 bits per heavy atom. The van der Waals surface area contributed by atoms with E-state index >= 15 is 0 Å². The summed E-state index contributed by atoms with van der Waals surface area (Å²) in [6.45, 7) is 1.81. The van der Waals surface area contributed by atoms with Gasteiger partial charge in [-0.1, -0.05) is 12.1 Å². The molecule has 3 aromatic rings. The summed E-state index contributed by atoms with van der Waals surface area (Å²) in [4.78, 5) is 5.05. The van der Waals surface area contributed by atoms with Crippen LogP contribution in [0.5, 0.6) is 5.88 Å². The molecule has 0 radical (unpaired) electrons. The van der Waals surface area contributed by atoms with E-state index in [2.05, 4.69) is 20.9 Å². The zero-order valence-corrected chi connectivity index (χ0v) is 14.5. The lowest BCUT2D eigenvalue weighted by Crippen LogP contribution is -2.09. The van der Waals surface area contributed by atoms with Gasteiger partial charge in [0, 0.05) is 6.20 Å². The summed E-state index contributed by atoms with van der Waals surface area (Å²) < 4.78 is 12.1. The lowest BCUT2D eigenvalue weighted by atomic mass is 10.0. The van der Waals surface area contributed by atoms with Crippen LogP contribution < -0.4 is 4.72 Å². The highest BCUT2D eigenvalue weighted by molar-refractivity contribution is 7.84. The van der Waals surface area contributed by atoms with Crippen LogP contribution >= 0.6 is 0 Å².